The van der Waals surface area contributed by atoms with Gasteiger partial charge in [0.15, 0.2) is 0 Å². The minimum Gasteiger partial charge on any atom is -0.392 e. The van der Waals surface area contributed by atoms with Gasteiger partial charge < -0.3 is 10.0 Å². The molecule has 2 rings (SSSR count). The topological polar surface area (TPSA) is 36.4 Å². The van der Waals surface area contributed by atoms with Crippen LogP contribution in [0, 0.1) is 0 Å². The zero-order chi connectivity index (χ0) is 11.5. The lowest BCUT2D eigenvalue weighted by atomic mass is 10.1. The first-order valence-electron chi connectivity index (χ1n) is 6.11. The fraction of sp³-hybridized carbons (Fsp3) is 0.615. The molecular weight excluding hydrogens is 200 g/mol. The Bertz CT molecular complexity index is 354. The molecular formula is C13H20N2O. The van der Waals surface area contributed by atoms with Crippen LogP contribution in [0.25, 0.3) is 0 Å². The molecule has 1 fully saturated rings. The van der Waals surface area contributed by atoms with Crippen molar-refractivity contribution in [2.75, 3.05) is 4.90 Å². The average Bonchev–Trinajstić information content (AvgIpc) is 2.70. The lowest BCUT2D eigenvalue weighted by molar-refractivity contribution is 0.281. The summed E-state index contributed by atoms with van der Waals surface area (Å²) in [7, 11) is 0. The van der Waals surface area contributed by atoms with Gasteiger partial charge in [-0.05, 0) is 32.3 Å². The summed E-state index contributed by atoms with van der Waals surface area (Å²) in [6.07, 6.45) is 5.41. The monoisotopic (exact) mass is 220 g/mol. The fourth-order valence-corrected chi connectivity index (χ4v) is 2.64. The second-order valence-corrected chi connectivity index (χ2v) is 4.54. The van der Waals surface area contributed by atoms with Gasteiger partial charge >= 0.3 is 0 Å². The average molecular weight is 220 g/mol. The number of nitrogens with zero attached hydrogens (tertiary/aromatic N) is 2. The van der Waals surface area contributed by atoms with E-state index in [4.69, 9.17) is 0 Å². The first kappa shape index (κ1) is 11.4. The molecule has 0 saturated carbocycles. The van der Waals surface area contributed by atoms with Crippen molar-refractivity contribution in [2.45, 2.75) is 51.8 Å². The molecule has 2 atom stereocenters. The summed E-state index contributed by atoms with van der Waals surface area (Å²) in [5.41, 5.74) is 0.940. The molecule has 0 spiro atoms. The third-order valence-corrected chi connectivity index (χ3v) is 3.54. The van der Waals surface area contributed by atoms with E-state index >= 15 is 0 Å². The number of hydrogen-bond acceptors (Lipinski definition) is 3. The normalized spacial score (nSPS) is 25.1. The fourth-order valence-electron chi connectivity index (χ4n) is 2.64. The van der Waals surface area contributed by atoms with Crippen LogP contribution in [-0.4, -0.2) is 22.2 Å². The summed E-state index contributed by atoms with van der Waals surface area (Å²) < 4.78 is 0. The molecule has 88 valence electrons. The number of aliphatic hydroxyl groups excluding tert-OH is 1. The number of hydrogen-bond donors (Lipinski definition) is 1. The van der Waals surface area contributed by atoms with Crippen molar-refractivity contribution in [1.82, 2.24) is 4.98 Å². The summed E-state index contributed by atoms with van der Waals surface area (Å²) in [4.78, 5) is 6.83. The Hall–Kier alpha value is -1.09. The second-order valence-electron chi connectivity index (χ2n) is 4.54. The summed E-state index contributed by atoms with van der Waals surface area (Å²) in [5, 5.41) is 9.36. The van der Waals surface area contributed by atoms with Crippen molar-refractivity contribution in [3.63, 3.8) is 0 Å². The number of anilines is 1. The minimum atomic E-state index is 0.0722. The van der Waals surface area contributed by atoms with Crippen molar-refractivity contribution in [3.05, 3.63) is 23.9 Å². The first-order valence-corrected chi connectivity index (χ1v) is 6.11. The van der Waals surface area contributed by atoms with Gasteiger partial charge in [-0.2, -0.15) is 0 Å². The standard InChI is InChI=1S/C13H20N2O/c1-3-12-7-6-10(2)15(12)13-11(9-16)5-4-8-14-13/h4-5,8,10,12,16H,3,6-7,9H2,1-2H3. The van der Waals surface area contributed by atoms with Crippen LogP contribution in [0.5, 0.6) is 0 Å². The lowest BCUT2D eigenvalue weighted by Gasteiger charge is -2.30. The smallest absolute Gasteiger partial charge is 0.134 e. The molecule has 2 heterocycles. The molecule has 0 bridgehead atoms. The van der Waals surface area contributed by atoms with Gasteiger partial charge in [0.1, 0.15) is 5.82 Å². The molecule has 0 amide bonds. The molecule has 2 unspecified atom stereocenters. The quantitative estimate of drug-likeness (QED) is 0.849. The van der Waals surface area contributed by atoms with E-state index in [-0.39, 0.29) is 6.61 Å². The number of pyridine rings is 1. The Morgan fingerprint density at radius 2 is 2.31 bits per heavy atom. The van der Waals surface area contributed by atoms with E-state index in [1.807, 2.05) is 18.3 Å². The van der Waals surface area contributed by atoms with Gasteiger partial charge in [0, 0.05) is 23.8 Å². The van der Waals surface area contributed by atoms with Gasteiger partial charge in [-0.15, -0.1) is 0 Å². The number of rotatable bonds is 3. The molecule has 1 N–H and O–H groups in total. The van der Waals surface area contributed by atoms with E-state index in [1.54, 1.807) is 0 Å². The Balaban J connectivity index is 2.34. The Morgan fingerprint density at radius 3 is 3.00 bits per heavy atom. The van der Waals surface area contributed by atoms with E-state index in [0.29, 0.717) is 12.1 Å². The highest BCUT2D eigenvalue weighted by molar-refractivity contribution is 5.49. The van der Waals surface area contributed by atoms with Crippen LogP contribution >= 0.6 is 0 Å². The largest absolute Gasteiger partial charge is 0.392 e. The molecule has 0 aliphatic carbocycles. The van der Waals surface area contributed by atoms with E-state index in [1.165, 1.54) is 12.8 Å². The highest BCUT2D eigenvalue weighted by atomic mass is 16.3. The molecule has 1 aliphatic heterocycles. The Labute approximate surface area is 97.1 Å². The minimum absolute atomic E-state index is 0.0722. The summed E-state index contributed by atoms with van der Waals surface area (Å²) >= 11 is 0. The maximum Gasteiger partial charge on any atom is 0.134 e. The highest BCUT2D eigenvalue weighted by Crippen LogP contribution is 2.32. The third-order valence-electron chi connectivity index (χ3n) is 3.54. The summed E-state index contributed by atoms with van der Waals surface area (Å²) in [6.45, 7) is 4.53. The van der Waals surface area contributed by atoms with Gasteiger partial charge in [0.05, 0.1) is 6.61 Å². The molecule has 1 aromatic heterocycles. The van der Waals surface area contributed by atoms with Gasteiger partial charge in [-0.25, -0.2) is 4.98 Å². The van der Waals surface area contributed by atoms with Crippen molar-refractivity contribution in [3.8, 4) is 0 Å². The second kappa shape index (κ2) is 4.83. The lowest BCUT2D eigenvalue weighted by Crippen LogP contribution is -2.35. The van der Waals surface area contributed by atoms with Gasteiger partial charge in [-0.3, -0.25) is 0 Å². The van der Waals surface area contributed by atoms with Gasteiger partial charge in [-0.1, -0.05) is 13.0 Å². The van der Waals surface area contributed by atoms with Crippen molar-refractivity contribution >= 4 is 5.82 Å². The van der Waals surface area contributed by atoms with Gasteiger partial charge in [0.25, 0.3) is 0 Å². The zero-order valence-electron chi connectivity index (χ0n) is 10.1. The number of aromatic nitrogens is 1. The third kappa shape index (κ3) is 1.92. The molecule has 0 aromatic carbocycles. The van der Waals surface area contributed by atoms with Crippen molar-refractivity contribution < 1.29 is 5.11 Å². The Kier molecular flexibility index (Phi) is 3.44. The molecule has 3 heteroatoms. The van der Waals surface area contributed by atoms with E-state index in [2.05, 4.69) is 23.7 Å². The van der Waals surface area contributed by atoms with Crippen molar-refractivity contribution in [1.29, 1.82) is 0 Å². The van der Waals surface area contributed by atoms with Crippen LogP contribution in [0.2, 0.25) is 0 Å². The van der Waals surface area contributed by atoms with E-state index in [9.17, 15) is 5.11 Å². The van der Waals surface area contributed by atoms with Crippen LogP contribution in [0.3, 0.4) is 0 Å². The molecule has 1 aliphatic rings. The van der Waals surface area contributed by atoms with E-state index < -0.39 is 0 Å². The maximum atomic E-state index is 9.36. The predicted octanol–water partition coefficient (Wildman–Crippen LogP) is 2.34. The highest BCUT2D eigenvalue weighted by Gasteiger charge is 2.31. The summed E-state index contributed by atoms with van der Waals surface area (Å²) in [6, 6.07) is 4.96. The molecule has 0 radical (unpaired) electrons. The molecule has 3 nitrogen and oxygen atoms in total. The maximum absolute atomic E-state index is 9.36. The van der Waals surface area contributed by atoms with Crippen LogP contribution < -0.4 is 4.90 Å². The SMILES string of the molecule is CCC1CCC(C)N1c1ncccc1CO. The molecule has 1 saturated heterocycles. The predicted molar refractivity (Wildman–Crippen MR) is 65.4 cm³/mol. The van der Waals surface area contributed by atoms with Crippen LogP contribution in [0.1, 0.15) is 38.7 Å². The first-order chi connectivity index (χ1) is 7.77. The van der Waals surface area contributed by atoms with Crippen LogP contribution in [0.15, 0.2) is 18.3 Å². The Morgan fingerprint density at radius 1 is 1.50 bits per heavy atom. The molecule has 16 heavy (non-hydrogen) atoms. The number of aliphatic hydroxyl groups is 1. The zero-order valence-corrected chi connectivity index (χ0v) is 10.1. The van der Waals surface area contributed by atoms with Crippen molar-refractivity contribution in [2.24, 2.45) is 0 Å². The van der Waals surface area contributed by atoms with Crippen LogP contribution in [0.4, 0.5) is 5.82 Å². The molecule has 1 aromatic rings. The van der Waals surface area contributed by atoms with Crippen LogP contribution in [-0.2, 0) is 6.61 Å². The van der Waals surface area contributed by atoms with E-state index in [0.717, 1.165) is 17.8 Å². The van der Waals surface area contributed by atoms with Gasteiger partial charge in [0.2, 0.25) is 0 Å². The summed E-state index contributed by atoms with van der Waals surface area (Å²) in [5.74, 6) is 0.974.